The van der Waals surface area contributed by atoms with Crippen LogP contribution >= 0.6 is 0 Å². The van der Waals surface area contributed by atoms with Crippen LogP contribution < -0.4 is 10.2 Å². The van der Waals surface area contributed by atoms with Crippen molar-refractivity contribution in [1.29, 1.82) is 0 Å². The number of carbonyl (C=O) groups excluding carboxylic acids is 1. The Kier molecular flexibility index (Phi) is 5.11. The maximum atomic E-state index is 13.7. The van der Waals surface area contributed by atoms with Crippen LogP contribution in [-0.4, -0.2) is 52.4 Å². The normalized spacial score (nSPS) is 22.6. The first-order chi connectivity index (χ1) is 13.6. The summed E-state index contributed by atoms with van der Waals surface area (Å²) in [5.74, 6) is 0.494. The molecule has 0 aliphatic carbocycles. The second kappa shape index (κ2) is 7.69. The highest BCUT2D eigenvalue weighted by molar-refractivity contribution is 5.77. The zero-order valence-corrected chi connectivity index (χ0v) is 16.1. The highest BCUT2D eigenvalue weighted by atomic mass is 19.1. The Hall–Kier alpha value is -2.77. The maximum Gasteiger partial charge on any atom is 0.227 e. The van der Waals surface area contributed by atoms with Crippen molar-refractivity contribution in [2.75, 3.05) is 36.9 Å². The number of amides is 1. The number of likely N-dealkylation sites (tertiary alicyclic amines) is 1. The largest absolute Gasteiger partial charge is 0.371 e. The number of hydrogen-bond donors (Lipinski definition) is 1. The quantitative estimate of drug-likeness (QED) is 0.873. The SMILES string of the molecule is CNc1nc(N2CCC[C@]3(CCC(=O)N(Cc4cccnc4)C3)C2)ncc1F. The summed E-state index contributed by atoms with van der Waals surface area (Å²) in [6, 6.07) is 3.90. The number of nitrogens with zero attached hydrogens (tertiary/aromatic N) is 5. The molecule has 8 heteroatoms. The Morgan fingerprint density at radius 2 is 2.18 bits per heavy atom. The molecule has 2 aliphatic heterocycles. The van der Waals surface area contributed by atoms with Crippen molar-refractivity contribution >= 4 is 17.7 Å². The number of aromatic nitrogens is 3. The molecule has 2 saturated heterocycles. The smallest absolute Gasteiger partial charge is 0.227 e. The molecule has 0 saturated carbocycles. The van der Waals surface area contributed by atoms with E-state index in [0.717, 1.165) is 44.5 Å². The van der Waals surface area contributed by atoms with Gasteiger partial charge in [0.2, 0.25) is 11.9 Å². The fourth-order valence-electron chi connectivity index (χ4n) is 4.36. The number of nitrogens with one attached hydrogen (secondary N) is 1. The van der Waals surface area contributed by atoms with Crippen LogP contribution in [0.15, 0.2) is 30.7 Å². The van der Waals surface area contributed by atoms with Crippen LogP contribution in [0.4, 0.5) is 16.2 Å². The van der Waals surface area contributed by atoms with Crippen molar-refractivity contribution in [2.24, 2.45) is 5.41 Å². The van der Waals surface area contributed by atoms with Crippen LogP contribution in [0, 0.1) is 11.2 Å². The first-order valence-electron chi connectivity index (χ1n) is 9.70. The van der Waals surface area contributed by atoms with E-state index in [1.165, 1.54) is 6.20 Å². The first-order valence-corrected chi connectivity index (χ1v) is 9.70. The lowest BCUT2D eigenvalue weighted by molar-refractivity contribution is -0.138. The molecule has 148 valence electrons. The number of carbonyl (C=O) groups is 1. The van der Waals surface area contributed by atoms with Crippen LogP contribution in [-0.2, 0) is 11.3 Å². The van der Waals surface area contributed by atoms with Gasteiger partial charge in [0.1, 0.15) is 0 Å². The van der Waals surface area contributed by atoms with E-state index in [1.54, 1.807) is 13.2 Å². The van der Waals surface area contributed by atoms with Gasteiger partial charge in [-0.1, -0.05) is 6.07 Å². The molecule has 7 nitrogen and oxygen atoms in total. The van der Waals surface area contributed by atoms with Crippen LogP contribution in [0.5, 0.6) is 0 Å². The molecule has 2 aromatic heterocycles. The van der Waals surface area contributed by atoms with Gasteiger partial charge in [0.15, 0.2) is 11.6 Å². The molecule has 0 unspecified atom stereocenters. The Balaban J connectivity index is 1.51. The first kappa shape index (κ1) is 18.6. The number of rotatable bonds is 4. The minimum atomic E-state index is -0.455. The molecule has 2 fully saturated rings. The summed E-state index contributed by atoms with van der Waals surface area (Å²) in [5.41, 5.74) is 1.06. The number of anilines is 2. The third-order valence-corrected chi connectivity index (χ3v) is 5.76. The summed E-state index contributed by atoms with van der Waals surface area (Å²) in [7, 11) is 1.65. The minimum Gasteiger partial charge on any atom is -0.371 e. The number of halogens is 1. The van der Waals surface area contributed by atoms with Gasteiger partial charge in [-0.05, 0) is 30.9 Å². The van der Waals surface area contributed by atoms with Gasteiger partial charge < -0.3 is 15.1 Å². The zero-order valence-electron chi connectivity index (χ0n) is 16.1. The van der Waals surface area contributed by atoms with Crippen LogP contribution in [0.3, 0.4) is 0 Å². The number of piperidine rings is 2. The Morgan fingerprint density at radius 3 is 2.96 bits per heavy atom. The van der Waals surface area contributed by atoms with Gasteiger partial charge >= 0.3 is 0 Å². The molecule has 0 aromatic carbocycles. The summed E-state index contributed by atoms with van der Waals surface area (Å²) in [4.78, 5) is 29.3. The van der Waals surface area contributed by atoms with Gasteiger partial charge in [-0.2, -0.15) is 4.98 Å². The molecular formula is C20H25FN6O. The molecule has 0 bridgehead atoms. The van der Waals surface area contributed by atoms with Gasteiger partial charge in [-0.15, -0.1) is 0 Å². The van der Waals surface area contributed by atoms with Gasteiger partial charge in [0.25, 0.3) is 0 Å². The highest BCUT2D eigenvalue weighted by Crippen LogP contribution is 2.40. The number of pyridine rings is 1. The average Bonchev–Trinajstić information content (AvgIpc) is 2.72. The maximum absolute atomic E-state index is 13.7. The lowest BCUT2D eigenvalue weighted by Gasteiger charge is -2.48. The molecule has 1 spiro atoms. The predicted molar refractivity (Wildman–Crippen MR) is 104 cm³/mol. The molecule has 4 heterocycles. The Labute approximate surface area is 164 Å². The standard InChI is InChI=1S/C20H25FN6O/c1-22-18-16(21)11-24-19(25-18)26-9-3-6-20(13-26)7-5-17(28)27(14-20)12-15-4-2-8-23-10-15/h2,4,8,10-11H,3,5-7,9,12-14H2,1H3,(H,22,24,25)/t20-/m0/s1. The van der Waals surface area contributed by atoms with E-state index in [9.17, 15) is 9.18 Å². The van der Waals surface area contributed by atoms with Crippen LogP contribution in [0.2, 0.25) is 0 Å². The van der Waals surface area contributed by atoms with Crippen molar-refractivity contribution in [3.8, 4) is 0 Å². The van der Waals surface area contributed by atoms with Crippen molar-refractivity contribution in [2.45, 2.75) is 32.2 Å². The summed E-state index contributed by atoms with van der Waals surface area (Å²) < 4.78 is 13.7. The average molecular weight is 384 g/mol. The topological polar surface area (TPSA) is 74.2 Å². The molecule has 1 atom stereocenters. The molecule has 28 heavy (non-hydrogen) atoms. The van der Waals surface area contributed by atoms with Crippen molar-refractivity contribution in [3.63, 3.8) is 0 Å². The van der Waals surface area contributed by atoms with E-state index in [4.69, 9.17) is 0 Å². The Bertz CT molecular complexity index is 848. The van der Waals surface area contributed by atoms with Crippen molar-refractivity contribution in [1.82, 2.24) is 19.9 Å². The monoisotopic (exact) mass is 384 g/mol. The van der Waals surface area contributed by atoms with Crippen molar-refractivity contribution < 1.29 is 9.18 Å². The molecule has 1 N–H and O–H groups in total. The number of hydrogen-bond acceptors (Lipinski definition) is 6. The fraction of sp³-hybridized carbons (Fsp3) is 0.500. The third kappa shape index (κ3) is 3.76. The molecule has 4 rings (SSSR count). The molecule has 2 aliphatic rings. The molecular weight excluding hydrogens is 359 g/mol. The van der Waals surface area contributed by atoms with E-state index < -0.39 is 5.82 Å². The van der Waals surface area contributed by atoms with E-state index in [0.29, 0.717) is 18.9 Å². The lowest BCUT2D eigenvalue weighted by atomic mass is 9.73. The summed E-state index contributed by atoms with van der Waals surface area (Å²) in [5, 5.41) is 2.77. The van der Waals surface area contributed by atoms with Gasteiger partial charge in [-0.3, -0.25) is 9.78 Å². The van der Waals surface area contributed by atoms with E-state index >= 15 is 0 Å². The second-order valence-electron chi connectivity index (χ2n) is 7.75. The van der Waals surface area contributed by atoms with Crippen molar-refractivity contribution in [3.05, 3.63) is 42.1 Å². The molecule has 0 radical (unpaired) electrons. The minimum absolute atomic E-state index is 0.0198. The summed E-state index contributed by atoms with van der Waals surface area (Å²) in [6.07, 6.45) is 8.27. The van der Waals surface area contributed by atoms with E-state index in [-0.39, 0.29) is 17.1 Å². The van der Waals surface area contributed by atoms with Crippen LogP contribution in [0.25, 0.3) is 0 Å². The third-order valence-electron chi connectivity index (χ3n) is 5.76. The van der Waals surface area contributed by atoms with E-state index in [1.807, 2.05) is 23.2 Å². The second-order valence-corrected chi connectivity index (χ2v) is 7.75. The van der Waals surface area contributed by atoms with Gasteiger partial charge in [0.05, 0.1) is 6.20 Å². The molecule has 1 amide bonds. The predicted octanol–water partition coefficient (Wildman–Crippen LogP) is 2.46. The van der Waals surface area contributed by atoms with Gasteiger partial charge in [-0.25, -0.2) is 9.37 Å². The summed E-state index contributed by atoms with van der Waals surface area (Å²) >= 11 is 0. The van der Waals surface area contributed by atoms with E-state index in [2.05, 4.69) is 25.2 Å². The summed E-state index contributed by atoms with van der Waals surface area (Å²) in [6.45, 7) is 2.92. The lowest BCUT2D eigenvalue weighted by Crippen LogP contribution is -2.54. The zero-order chi connectivity index (χ0) is 19.6. The van der Waals surface area contributed by atoms with Crippen LogP contribution in [0.1, 0.15) is 31.2 Å². The Morgan fingerprint density at radius 1 is 1.29 bits per heavy atom. The highest BCUT2D eigenvalue weighted by Gasteiger charge is 2.42. The van der Waals surface area contributed by atoms with Gasteiger partial charge in [0, 0.05) is 57.5 Å². The molecule has 2 aromatic rings. The fourth-order valence-corrected chi connectivity index (χ4v) is 4.36.